The summed E-state index contributed by atoms with van der Waals surface area (Å²) in [4.78, 5) is 6.84. The third-order valence-electron chi connectivity index (χ3n) is 3.58. The molecule has 3 nitrogen and oxygen atoms in total. The van der Waals surface area contributed by atoms with Crippen LogP contribution in [0.1, 0.15) is 29.3 Å². The van der Waals surface area contributed by atoms with Gasteiger partial charge in [-0.3, -0.25) is 0 Å². The Bertz CT molecular complexity index is 583. The first-order valence-corrected chi connectivity index (χ1v) is 7.06. The molecule has 3 heteroatoms. The van der Waals surface area contributed by atoms with E-state index in [1.807, 2.05) is 0 Å². The molecule has 20 heavy (non-hydrogen) atoms. The number of rotatable bonds is 4. The van der Waals surface area contributed by atoms with Crippen molar-refractivity contribution in [3.8, 4) is 0 Å². The van der Waals surface area contributed by atoms with Crippen LogP contribution in [0.2, 0.25) is 0 Å². The van der Waals surface area contributed by atoms with Gasteiger partial charge in [-0.15, -0.1) is 0 Å². The van der Waals surface area contributed by atoms with Crippen LogP contribution in [0.25, 0.3) is 0 Å². The summed E-state index contributed by atoms with van der Waals surface area (Å²) in [6, 6.07) is 10.6. The number of nitrogens with zero attached hydrogens (tertiary/aromatic N) is 2. The minimum atomic E-state index is 0.545. The molecule has 2 aromatic rings. The summed E-state index contributed by atoms with van der Waals surface area (Å²) in [6.07, 6.45) is 0.918. The fraction of sp³-hybridized carbons (Fsp3) is 0.353. The van der Waals surface area contributed by atoms with E-state index in [-0.39, 0.29) is 0 Å². The van der Waals surface area contributed by atoms with Crippen molar-refractivity contribution >= 4 is 11.5 Å². The van der Waals surface area contributed by atoms with Crippen LogP contribution < -0.4 is 10.6 Å². The van der Waals surface area contributed by atoms with Crippen LogP contribution >= 0.6 is 0 Å². The number of aryl methyl sites for hydroxylation is 3. The number of benzene rings is 1. The number of hydrogen-bond donors (Lipinski definition) is 1. The lowest BCUT2D eigenvalue weighted by Crippen LogP contribution is -2.14. The predicted molar refractivity (Wildman–Crippen MR) is 85.5 cm³/mol. The fourth-order valence-corrected chi connectivity index (χ4v) is 2.41. The van der Waals surface area contributed by atoms with Gasteiger partial charge in [0.1, 0.15) is 5.82 Å². The lowest BCUT2D eigenvalue weighted by Gasteiger charge is -2.22. The maximum absolute atomic E-state index is 5.78. The Morgan fingerprint density at radius 3 is 2.50 bits per heavy atom. The Morgan fingerprint density at radius 1 is 1.15 bits per heavy atom. The van der Waals surface area contributed by atoms with Crippen LogP contribution in [0.3, 0.4) is 0 Å². The third kappa shape index (κ3) is 2.99. The summed E-state index contributed by atoms with van der Waals surface area (Å²) in [5.41, 5.74) is 11.7. The van der Waals surface area contributed by atoms with Gasteiger partial charge in [-0.2, -0.15) is 0 Å². The summed E-state index contributed by atoms with van der Waals surface area (Å²) >= 11 is 0. The maximum atomic E-state index is 5.78. The number of aromatic nitrogens is 1. The largest absolute Gasteiger partial charge is 0.329 e. The van der Waals surface area contributed by atoms with E-state index < -0.39 is 0 Å². The van der Waals surface area contributed by atoms with E-state index in [9.17, 15) is 0 Å². The first kappa shape index (κ1) is 14.5. The number of nitrogens with two attached hydrogens (primary N) is 1. The maximum Gasteiger partial charge on any atom is 0.133 e. The highest BCUT2D eigenvalue weighted by molar-refractivity contribution is 5.64. The first-order chi connectivity index (χ1) is 9.55. The Labute approximate surface area is 121 Å². The standard InChI is InChI=1S/C17H23N3/c1-5-15-9-14(11-18)10-17(19-15)20(4)16-7-6-12(2)8-13(16)3/h6-10H,5,11,18H2,1-4H3. The summed E-state index contributed by atoms with van der Waals surface area (Å²) in [5, 5.41) is 0. The number of pyridine rings is 1. The van der Waals surface area contributed by atoms with Crippen molar-refractivity contribution in [3.05, 3.63) is 52.7 Å². The summed E-state index contributed by atoms with van der Waals surface area (Å²) in [7, 11) is 2.06. The van der Waals surface area contributed by atoms with Crippen molar-refractivity contribution in [2.75, 3.05) is 11.9 Å². The highest BCUT2D eigenvalue weighted by Gasteiger charge is 2.10. The second-order valence-electron chi connectivity index (χ2n) is 5.23. The second-order valence-corrected chi connectivity index (χ2v) is 5.23. The molecule has 0 atom stereocenters. The highest BCUT2D eigenvalue weighted by atomic mass is 15.2. The lowest BCUT2D eigenvalue weighted by molar-refractivity contribution is 0.970. The molecule has 0 aliphatic carbocycles. The summed E-state index contributed by atoms with van der Waals surface area (Å²) < 4.78 is 0. The van der Waals surface area contributed by atoms with Crippen molar-refractivity contribution in [2.24, 2.45) is 5.73 Å². The van der Waals surface area contributed by atoms with Gasteiger partial charge >= 0.3 is 0 Å². The van der Waals surface area contributed by atoms with Gasteiger partial charge in [-0.1, -0.05) is 24.6 Å². The van der Waals surface area contributed by atoms with E-state index in [2.05, 4.69) is 63.1 Å². The molecule has 0 fully saturated rings. The van der Waals surface area contributed by atoms with Crippen LogP contribution in [0.15, 0.2) is 30.3 Å². The van der Waals surface area contributed by atoms with Gasteiger partial charge in [0.25, 0.3) is 0 Å². The van der Waals surface area contributed by atoms with E-state index in [4.69, 9.17) is 10.7 Å². The average Bonchev–Trinajstić information content (AvgIpc) is 2.46. The molecule has 0 saturated carbocycles. The molecular formula is C17H23N3. The fourth-order valence-electron chi connectivity index (χ4n) is 2.41. The molecule has 0 bridgehead atoms. The topological polar surface area (TPSA) is 42.1 Å². The zero-order chi connectivity index (χ0) is 14.7. The molecule has 1 aromatic carbocycles. The third-order valence-corrected chi connectivity index (χ3v) is 3.58. The van der Waals surface area contributed by atoms with Gasteiger partial charge in [0.05, 0.1) is 0 Å². The molecule has 2 rings (SSSR count). The molecule has 2 N–H and O–H groups in total. The van der Waals surface area contributed by atoms with E-state index in [0.717, 1.165) is 23.5 Å². The molecule has 106 valence electrons. The molecular weight excluding hydrogens is 246 g/mol. The van der Waals surface area contributed by atoms with Crippen LogP contribution in [0.4, 0.5) is 11.5 Å². The summed E-state index contributed by atoms with van der Waals surface area (Å²) in [5.74, 6) is 0.955. The predicted octanol–water partition coefficient (Wildman–Crippen LogP) is 3.49. The average molecular weight is 269 g/mol. The summed E-state index contributed by atoms with van der Waals surface area (Å²) in [6.45, 7) is 6.90. The van der Waals surface area contributed by atoms with Crippen molar-refractivity contribution in [1.29, 1.82) is 0 Å². The zero-order valence-electron chi connectivity index (χ0n) is 12.8. The van der Waals surface area contributed by atoms with Crippen LogP contribution in [-0.2, 0) is 13.0 Å². The zero-order valence-corrected chi connectivity index (χ0v) is 12.8. The van der Waals surface area contributed by atoms with E-state index >= 15 is 0 Å². The normalized spacial score (nSPS) is 10.7. The number of hydrogen-bond acceptors (Lipinski definition) is 3. The van der Waals surface area contributed by atoms with Gasteiger partial charge in [0.2, 0.25) is 0 Å². The van der Waals surface area contributed by atoms with Crippen molar-refractivity contribution in [3.63, 3.8) is 0 Å². The second kappa shape index (κ2) is 6.06. The Balaban J connectivity index is 2.44. The number of anilines is 2. The molecule has 0 amide bonds. The van der Waals surface area contributed by atoms with Gasteiger partial charge < -0.3 is 10.6 Å². The van der Waals surface area contributed by atoms with Gasteiger partial charge in [-0.05, 0) is 49.6 Å². The Hall–Kier alpha value is -1.87. The van der Waals surface area contributed by atoms with Crippen LogP contribution in [0, 0.1) is 13.8 Å². The smallest absolute Gasteiger partial charge is 0.133 e. The minimum Gasteiger partial charge on any atom is -0.329 e. The Kier molecular flexibility index (Phi) is 4.40. The van der Waals surface area contributed by atoms with E-state index in [1.165, 1.54) is 16.8 Å². The molecule has 1 heterocycles. The monoisotopic (exact) mass is 269 g/mol. The highest BCUT2D eigenvalue weighted by Crippen LogP contribution is 2.27. The van der Waals surface area contributed by atoms with Crippen molar-refractivity contribution in [2.45, 2.75) is 33.7 Å². The minimum absolute atomic E-state index is 0.545. The molecule has 1 aromatic heterocycles. The van der Waals surface area contributed by atoms with Gasteiger partial charge in [0.15, 0.2) is 0 Å². The van der Waals surface area contributed by atoms with E-state index in [0.29, 0.717) is 6.54 Å². The van der Waals surface area contributed by atoms with Crippen LogP contribution in [0.5, 0.6) is 0 Å². The molecule has 0 spiro atoms. The molecule has 0 radical (unpaired) electrons. The SMILES string of the molecule is CCc1cc(CN)cc(N(C)c2ccc(C)cc2C)n1. The molecule has 0 aliphatic heterocycles. The Morgan fingerprint density at radius 2 is 1.90 bits per heavy atom. The van der Waals surface area contributed by atoms with Crippen LogP contribution in [-0.4, -0.2) is 12.0 Å². The quantitative estimate of drug-likeness (QED) is 0.924. The first-order valence-electron chi connectivity index (χ1n) is 7.06. The lowest BCUT2D eigenvalue weighted by atomic mass is 10.1. The van der Waals surface area contributed by atoms with E-state index in [1.54, 1.807) is 0 Å². The molecule has 0 saturated heterocycles. The van der Waals surface area contributed by atoms with Gasteiger partial charge in [-0.25, -0.2) is 4.98 Å². The molecule has 0 aliphatic rings. The van der Waals surface area contributed by atoms with Gasteiger partial charge in [0, 0.05) is 25.0 Å². The molecule has 0 unspecified atom stereocenters. The van der Waals surface area contributed by atoms with Crippen molar-refractivity contribution < 1.29 is 0 Å². The van der Waals surface area contributed by atoms with Crippen molar-refractivity contribution in [1.82, 2.24) is 4.98 Å².